The first-order valence-electron chi connectivity index (χ1n) is 11.2. The molecule has 1 aromatic carbocycles. The van der Waals surface area contributed by atoms with E-state index in [9.17, 15) is 18.0 Å². The lowest BCUT2D eigenvalue weighted by Crippen LogP contribution is -2.39. The van der Waals surface area contributed by atoms with Crippen LogP contribution < -0.4 is 9.47 Å². The van der Waals surface area contributed by atoms with Gasteiger partial charge >= 0.3 is 6.36 Å². The Labute approximate surface area is 189 Å². The molecular formula is C23H25F3N4O3. The minimum atomic E-state index is -4.80. The number of fused-ring (bicyclic) bond motifs is 1. The van der Waals surface area contributed by atoms with E-state index in [-0.39, 0.29) is 23.6 Å². The van der Waals surface area contributed by atoms with Gasteiger partial charge in [0.15, 0.2) is 0 Å². The van der Waals surface area contributed by atoms with Crippen molar-refractivity contribution in [1.82, 2.24) is 19.8 Å². The molecule has 3 heterocycles. The standard InChI is InChI=1S/C23H25F3N4O3/c24-23(25,26)33-18-4-1-3-16(9-18)22(31)30-8-2-7-29-14-19(10-17(29)13-30)32-21-12-27-20(11-28-21)15-5-6-15/h1,3-4,9,11-12,15,17,19H,2,5-8,10,13-14H2/t17-,19-/m0/s1. The molecule has 176 valence electrons. The summed E-state index contributed by atoms with van der Waals surface area (Å²) < 4.78 is 47.6. The Morgan fingerprint density at radius 2 is 1.94 bits per heavy atom. The predicted molar refractivity (Wildman–Crippen MR) is 112 cm³/mol. The maximum absolute atomic E-state index is 13.0. The Bertz CT molecular complexity index is 997. The van der Waals surface area contributed by atoms with Crippen molar-refractivity contribution in [2.75, 3.05) is 26.2 Å². The van der Waals surface area contributed by atoms with E-state index in [4.69, 9.17) is 4.74 Å². The fourth-order valence-corrected chi connectivity index (χ4v) is 4.64. The van der Waals surface area contributed by atoms with Gasteiger partial charge in [-0.3, -0.25) is 14.7 Å². The number of benzene rings is 1. The summed E-state index contributed by atoms with van der Waals surface area (Å²) in [6, 6.07) is 5.36. The van der Waals surface area contributed by atoms with Crippen molar-refractivity contribution in [1.29, 1.82) is 0 Å². The van der Waals surface area contributed by atoms with Crippen molar-refractivity contribution in [2.24, 2.45) is 0 Å². The molecule has 0 N–H and O–H groups in total. The predicted octanol–water partition coefficient (Wildman–Crippen LogP) is 3.62. The lowest BCUT2D eigenvalue weighted by molar-refractivity contribution is -0.274. The van der Waals surface area contributed by atoms with Crippen LogP contribution in [0.25, 0.3) is 0 Å². The second kappa shape index (κ2) is 8.81. The van der Waals surface area contributed by atoms with Crippen LogP contribution in [-0.4, -0.2) is 70.4 Å². The summed E-state index contributed by atoms with van der Waals surface area (Å²) in [5.41, 5.74) is 1.20. The van der Waals surface area contributed by atoms with Gasteiger partial charge in [0.2, 0.25) is 5.88 Å². The number of amides is 1. The molecule has 2 aliphatic heterocycles. The van der Waals surface area contributed by atoms with Crippen LogP contribution in [0.15, 0.2) is 36.7 Å². The highest BCUT2D eigenvalue weighted by atomic mass is 19.4. The highest BCUT2D eigenvalue weighted by Crippen LogP contribution is 2.38. The van der Waals surface area contributed by atoms with Crippen LogP contribution in [0.3, 0.4) is 0 Å². The molecule has 1 aliphatic carbocycles. The fourth-order valence-electron chi connectivity index (χ4n) is 4.64. The second-order valence-corrected chi connectivity index (χ2v) is 8.86. The number of aromatic nitrogens is 2. The minimum Gasteiger partial charge on any atom is -0.472 e. The van der Waals surface area contributed by atoms with Crippen LogP contribution in [0.1, 0.15) is 47.7 Å². The van der Waals surface area contributed by atoms with Gasteiger partial charge in [0.05, 0.1) is 18.1 Å². The minimum absolute atomic E-state index is 0.0466. The molecule has 7 nitrogen and oxygen atoms in total. The molecule has 10 heteroatoms. The van der Waals surface area contributed by atoms with Crippen molar-refractivity contribution >= 4 is 5.91 Å². The van der Waals surface area contributed by atoms with Gasteiger partial charge in [-0.25, -0.2) is 4.98 Å². The van der Waals surface area contributed by atoms with Crippen molar-refractivity contribution in [3.63, 3.8) is 0 Å². The Balaban J connectivity index is 1.21. The van der Waals surface area contributed by atoms with E-state index in [1.54, 1.807) is 17.3 Å². The number of halogens is 3. The number of carbonyl (C=O) groups excluding carboxylic acids is 1. The zero-order valence-corrected chi connectivity index (χ0v) is 18.0. The lowest BCUT2D eigenvalue weighted by atomic mass is 10.1. The fraction of sp³-hybridized carbons (Fsp3) is 0.522. The number of hydrogen-bond donors (Lipinski definition) is 0. The summed E-state index contributed by atoms with van der Waals surface area (Å²) in [7, 11) is 0. The maximum atomic E-state index is 13.0. The molecule has 5 rings (SSSR count). The molecule has 0 spiro atoms. The van der Waals surface area contributed by atoms with Crippen LogP contribution in [0, 0.1) is 0 Å². The van der Waals surface area contributed by atoms with Crippen LogP contribution in [0.5, 0.6) is 11.6 Å². The lowest BCUT2D eigenvalue weighted by Gasteiger charge is -2.25. The molecule has 2 atom stereocenters. The first-order valence-corrected chi connectivity index (χ1v) is 11.2. The molecular weight excluding hydrogens is 437 g/mol. The molecule has 1 amide bonds. The van der Waals surface area contributed by atoms with E-state index in [0.717, 1.165) is 37.7 Å². The number of nitrogens with zero attached hydrogens (tertiary/aromatic N) is 4. The smallest absolute Gasteiger partial charge is 0.472 e. The zero-order valence-electron chi connectivity index (χ0n) is 18.0. The van der Waals surface area contributed by atoms with E-state index in [2.05, 4.69) is 19.6 Å². The number of hydrogen-bond acceptors (Lipinski definition) is 6. The van der Waals surface area contributed by atoms with Crippen molar-refractivity contribution < 1.29 is 27.4 Å². The summed E-state index contributed by atoms with van der Waals surface area (Å²) in [5.74, 6) is 0.361. The second-order valence-electron chi connectivity index (χ2n) is 8.86. The zero-order chi connectivity index (χ0) is 23.0. The van der Waals surface area contributed by atoms with Gasteiger partial charge < -0.3 is 14.4 Å². The molecule has 2 saturated heterocycles. The van der Waals surface area contributed by atoms with Gasteiger partial charge in [0.1, 0.15) is 11.9 Å². The number of ether oxygens (including phenoxy) is 2. The molecule has 1 aromatic heterocycles. The quantitative estimate of drug-likeness (QED) is 0.676. The normalized spacial score (nSPS) is 23.7. The molecule has 3 aliphatic rings. The average Bonchev–Trinajstić information content (AvgIpc) is 3.58. The van der Waals surface area contributed by atoms with Gasteiger partial charge in [-0.1, -0.05) is 6.07 Å². The van der Waals surface area contributed by atoms with Crippen molar-refractivity contribution in [2.45, 2.75) is 50.1 Å². The van der Waals surface area contributed by atoms with E-state index in [1.165, 1.54) is 31.0 Å². The summed E-state index contributed by atoms with van der Waals surface area (Å²) in [5, 5.41) is 0. The third-order valence-electron chi connectivity index (χ3n) is 6.33. The van der Waals surface area contributed by atoms with Crippen LogP contribution in [0.2, 0.25) is 0 Å². The van der Waals surface area contributed by atoms with Gasteiger partial charge in [-0.05, 0) is 37.5 Å². The Hall–Kier alpha value is -2.88. The molecule has 0 unspecified atom stereocenters. The summed E-state index contributed by atoms with van der Waals surface area (Å²) in [4.78, 5) is 25.9. The van der Waals surface area contributed by atoms with Crippen LogP contribution in [0.4, 0.5) is 13.2 Å². The third kappa shape index (κ3) is 5.38. The third-order valence-corrected chi connectivity index (χ3v) is 6.33. The SMILES string of the molecule is O=C(c1cccc(OC(F)(F)F)c1)N1CCCN2C[C@@H](Oc3cnc(C4CC4)cn3)C[C@H]2C1. The van der Waals surface area contributed by atoms with E-state index < -0.39 is 12.1 Å². The molecule has 1 saturated carbocycles. The maximum Gasteiger partial charge on any atom is 0.573 e. The Morgan fingerprint density at radius 1 is 1.09 bits per heavy atom. The number of carbonyl (C=O) groups is 1. The van der Waals surface area contributed by atoms with Gasteiger partial charge in [-0.15, -0.1) is 13.2 Å². The molecule has 2 aromatic rings. The average molecular weight is 462 g/mol. The van der Waals surface area contributed by atoms with E-state index >= 15 is 0 Å². The highest BCUT2D eigenvalue weighted by Gasteiger charge is 2.37. The summed E-state index contributed by atoms with van der Waals surface area (Å²) in [6.45, 7) is 2.62. The monoisotopic (exact) mass is 462 g/mol. The largest absolute Gasteiger partial charge is 0.573 e. The molecule has 0 bridgehead atoms. The van der Waals surface area contributed by atoms with Crippen molar-refractivity contribution in [3.05, 3.63) is 47.9 Å². The Morgan fingerprint density at radius 3 is 2.67 bits per heavy atom. The highest BCUT2D eigenvalue weighted by molar-refractivity contribution is 5.94. The van der Waals surface area contributed by atoms with Gasteiger partial charge in [0, 0.05) is 50.1 Å². The van der Waals surface area contributed by atoms with Crippen molar-refractivity contribution in [3.8, 4) is 11.6 Å². The first kappa shape index (κ1) is 21.9. The van der Waals surface area contributed by atoms with Crippen LogP contribution in [-0.2, 0) is 0 Å². The summed E-state index contributed by atoms with van der Waals surface area (Å²) in [6.07, 6.45) is 2.49. The van der Waals surface area contributed by atoms with E-state index in [1.807, 2.05) is 0 Å². The Kier molecular flexibility index (Phi) is 5.86. The molecule has 0 radical (unpaired) electrons. The first-order chi connectivity index (χ1) is 15.8. The summed E-state index contributed by atoms with van der Waals surface area (Å²) >= 11 is 0. The van der Waals surface area contributed by atoms with Gasteiger partial charge in [0.25, 0.3) is 5.91 Å². The topological polar surface area (TPSA) is 67.8 Å². The number of alkyl halides is 3. The molecule has 3 fully saturated rings. The van der Waals surface area contributed by atoms with Gasteiger partial charge in [-0.2, -0.15) is 0 Å². The number of rotatable bonds is 5. The molecule has 33 heavy (non-hydrogen) atoms. The van der Waals surface area contributed by atoms with E-state index in [0.29, 0.717) is 24.9 Å². The van der Waals surface area contributed by atoms with Crippen LogP contribution >= 0.6 is 0 Å².